The highest BCUT2D eigenvalue weighted by Gasteiger charge is 2.34. The molecule has 0 fully saturated rings. The highest BCUT2D eigenvalue weighted by atomic mass is 28.4. The van der Waals surface area contributed by atoms with Crippen molar-refractivity contribution < 1.29 is 9.53 Å². The van der Waals surface area contributed by atoms with Crippen molar-refractivity contribution in [2.24, 2.45) is 0 Å². The third kappa shape index (κ3) is 4.95. The molecule has 1 rings (SSSR count). The van der Waals surface area contributed by atoms with E-state index in [2.05, 4.69) is 25.8 Å². The fourth-order valence-corrected chi connectivity index (χ4v) is 7.15. The van der Waals surface area contributed by atoms with Crippen molar-refractivity contribution in [3.8, 4) is 5.75 Å². The Morgan fingerprint density at radius 1 is 1.05 bits per heavy atom. The zero-order valence-electron chi connectivity index (χ0n) is 12.5. The molecule has 0 spiro atoms. The van der Waals surface area contributed by atoms with Crippen molar-refractivity contribution in [2.45, 2.75) is 64.8 Å². The van der Waals surface area contributed by atoms with Gasteiger partial charge >= 0.3 is 0 Å². The van der Waals surface area contributed by atoms with Crippen LogP contribution in [0.5, 0.6) is 5.75 Å². The Kier molecular flexibility index (Phi) is 7.09. The summed E-state index contributed by atoms with van der Waals surface area (Å²) in [5.74, 6) is 0.841. The lowest BCUT2D eigenvalue weighted by molar-refractivity contribution is 0.281. The Balaban J connectivity index is 2.90. The first kappa shape index (κ1) is 16.2. The van der Waals surface area contributed by atoms with Gasteiger partial charge in [-0.3, -0.25) is 4.98 Å². The van der Waals surface area contributed by atoms with Crippen molar-refractivity contribution in [3.63, 3.8) is 0 Å². The molecule has 0 aromatic carbocycles. The van der Waals surface area contributed by atoms with Crippen molar-refractivity contribution in [2.75, 3.05) is 0 Å². The first-order chi connectivity index (χ1) is 9.19. The van der Waals surface area contributed by atoms with E-state index in [4.69, 9.17) is 4.43 Å². The number of aliphatic hydroxyl groups excluding tert-OH is 1. The van der Waals surface area contributed by atoms with Crippen LogP contribution in [0.1, 0.15) is 45.6 Å². The number of aromatic nitrogens is 1. The van der Waals surface area contributed by atoms with Crippen LogP contribution in [-0.2, 0) is 6.61 Å². The molecule has 0 atom stereocenters. The van der Waals surface area contributed by atoms with Gasteiger partial charge in [0, 0.05) is 6.20 Å². The van der Waals surface area contributed by atoms with Crippen LogP contribution in [0.2, 0.25) is 18.1 Å². The molecule has 0 amide bonds. The summed E-state index contributed by atoms with van der Waals surface area (Å²) in [7, 11) is -1.69. The summed E-state index contributed by atoms with van der Waals surface area (Å²) >= 11 is 0. The van der Waals surface area contributed by atoms with Gasteiger partial charge in [-0.05, 0) is 29.8 Å². The third-order valence-corrected chi connectivity index (χ3v) is 8.31. The van der Waals surface area contributed by atoms with Crippen LogP contribution in [0.3, 0.4) is 0 Å². The lowest BCUT2D eigenvalue weighted by Gasteiger charge is -2.31. The fraction of sp³-hybridized carbons (Fsp3) is 0.667. The number of hydrogen-bond donors (Lipinski definition) is 1. The molecule has 4 heteroatoms. The molecule has 19 heavy (non-hydrogen) atoms. The van der Waals surface area contributed by atoms with Gasteiger partial charge in [0.1, 0.15) is 5.75 Å². The molecule has 0 aliphatic heterocycles. The van der Waals surface area contributed by atoms with E-state index in [-0.39, 0.29) is 6.61 Å². The maximum atomic E-state index is 9.19. The molecule has 0 aliphatic carbocycles. The molecule has 0 bridgehead atoms. The van der Waals surface area contributed by atoms with Gasteiger partial charge in [0.2, 0.25) is 0 Å². The van der Waals surface area contributed by atoms with Gasteiger partial charge in [-0.25, -0.2) is 0 Å². The molecular formula is C15H27NO2Si. The van der Waals surface area contributed by atoms with Gasteiger partial charge in [-0.15, -0.1) is 0 Å². The maximum absolute atomic E-state index is 9.19. The summed E-state index contributed by atoms with van der Waals surface area (Å²) < 4.78 is 6.43. The van der Waals surface area contributed by atoms with Crippen molar-refractivity contribution in [1.29, 1.82) is 0 Å². The summed E-state index contributed by atoms with van der Waals surface area (Å²) in [4.78, 5) is 4.16. The topological polar surface area (TPSA) is 42.4 Å². The zero-order chi connectivity index (χ0) is 14.1. The van der Waals surface area contributed by atoms with Gasteiger partial charge in [-0.2, -0.15) is 0 Å². The van der Waals surface area contributed by atoms with Crippen LogP contribution in [0.25, 0.3) is 0 Å². The average molecular weight is 281 g/mol. The van der Waals surface area contributed by atoms with E-state index in [9.17, 15) is 5.11 Å². The lowest BCUT2D eigenvalue weighted by atomic mass is 10.3. The predicted octanol–water partition coefficient (Wildman–Crippen LogP) is 4.13. The smallest absolute Gasteiger partial charge is 0.251 e. The summed E-state index contributed by atoms with van der Waals surface area (Å²) in [6.07, 6.45) is 7.01. The number of rotatable bonds is 9. The van der Waals surface area contributed by atoms with Crippen molar-refractivity contribution in [1.82, 2.24) is 4.98 Å². The van der Waals surface area contributed by atoms with Crippen LogP contribution in [-0.4, -0.2) is 18.4 Å². The molecule has 0 radical (unpaired) electrons. The van der Waals surface area contributed by atoms with Crippen molar-refractivity contribution in [3.05, 3.63) is 24.0 Å². The number of pyridine rings is 1. The van der Waals surface area contributed by atoms with E-state index in [1.54, 1.807) is 12.4 Å². The number of nitrogens with zero attached hydrogens (tertiary/aromatic N) is 1. The van der Waals surface area contributed by atoms with Gasteiger partial charge in [-0.1, -0.05) is 40.0 Å². The highest BCUT2D eigenvalue weighted by molar-refractivity contribution is 6.74. The number of hydrogen-bond acceptors (Lipinski definition) is 3. The highest BCUT2D eigenvalue weighted by Crippen LogP contribution is 2.29. The largest absolute Gasteiger partial charge is 0.542 e. The van der Waals surface area contributed by atoms with E-state index >= 15 is 0 Å². The zero-order valence-corrected chi connectivity index (χ0v) is 13.5. The summed E-state index contributed by atoms with van der Waals surface area (Å²) in [5, 5.41) is 9.19. The minimum atomic E-state index is -1.69. The molecule has 1 aromatic rings. The SMILES string of the molecule is CCC[Si](CCC)(CCC)Oc1cncc(CO)c1. The Labute approximate surface area is 118 Å². The Morgan fingerprint density at radius 2 is 1.63 bits per heavy atom. The average Bonchev–Trinajstić information content (AvgIpc) is 2.40. The van der Waals surface area contributed by atoms with Crippen LogP contribution in [0.4, 0.5) is 0 Å². The quantitative estimate of drug-likeness (QED) is 0.692. The second-order valence-electron chi connectivity index (χ2n) is 5.22. The maximum Gasteiger partial charge on any atom is 0.251 e. The molecule has 3 nitrogen and oxygen atoms in total. The summed E-state index contributed by atoms with van der Waals surface area (Å²) in [5.41, 5.74) is 0.824. The Morgan fingerprint density at radius 3 is 2.11 bits per heavy atom. The molecule has 0 unspecified atom stereocenters. The van der Waals surface area contributed by atoms with Crippen LogP contribution < -0.4 is 4.43 Å². The van der Waals surface area contributed by atoms with E-state index in [0.29, 0.717) is 0 Å². The first-order valence-corrected chi connectivity index (χ1v) is 9.96. The standard InChI is InChI=1S/C15H27NO2Si/c1-4-7-19(8-5-2,9-6-3)18-15-10-14(13-17)11-16-12-15/h10-12,17H,4-9,13H2,1-3H3. The molecule has 1 heterocycles. The Hall–Kier alpha value is -0.873. The predicted molar refractivity (Wildman–Crippen MR) is 81.8 cm³/mol. The van der Waals surface area contributed by atoms with Gasteiger partial charge < -0.3 is 9.53 Å². The van der Waals surface area contributed by atoms with Crippen molar-refractivity contribution >= 4 is 8.32 Å². The fourth-order valence-electron chi connectivity index (χ4n) is 2.75. The van der Waals surface area contributed by atoms with E-state index < -0.39 is 8.32 Å². The van der Waals surface area contributed by atoms with E-state index in [1.165, 1.54) is 37.4 Å². The van der Waals surface area contributed by atoms with E-state index in [1.807, 2.05) is 6.07 Å². The Bertz CT molecular complexity index is 354. The second-order valence-corrected chi connectivity index (χ2v) is 9.29. The van der Waals surface area contributed by atoms with Gasteiger partial charge in [0.05, 0.1) is 12.8 Å². The molecule has 0 saturated heterocycles. The first-order valence-electron chi connectivity index (χ1n) is 7.43. The second kappa shape index (κ2) is 8.33. The van der Waals surface area contributed by atoms with Crippen LogP contribution in [0.15, 0.2) is 18.5 Å². The molecule has 0 saturated carbocycles. The third-order valence-electron chi connectivity index (χ3n) is 3.40. The number of aliphatic hydroxyl groups is 1. The minimum Gasteiger partial charge on any atom is -0.542 e. The molecule has 108 valence electrons. The summed E-state index contributed by atoms with van der Waals surface area (Å²) in [6, 6.07) is 5.55. The van der Waals surface area contributed by atoms with E-state index in [0.717, 1.165) is 11.3 Å². The van der Waals surface area contributed by atoms with Crippen LogP contribution >= 0.6 is 0 Å². The molecule has 1 N–H and O–H groups in total. The minimum absolute atomic E-state index is 0.0219. The molecule has 0 aliphatic rings. The van der Waals surface area contributed by atoms with Gasteiger partial charge in [0.25, 0.3) is 8.32 Å². The monoisotopic (exact) mass is 281 g/mol. The lowest BCUT2D eigenvalue weighted by Crippen LogP contribution is -2.41. The summed E-state index contributed by atoms with van der Waals surface area (Å²) in [6.45, 7) is 6.73. The molecular weight excluding hydrogens is 254 g/mol. The normalized spacial score (nSPS) is 11.6. The van der Waals surface area contributed by atoms with Gasteiger partial charge in [0.15, 0.2) is 0 Å². The van der Waals surface area contributed by atoms with Crippen LogP contribution in [0, 0.1) is 0 Å². The molecule has 1 aromatic heterocycles.